The largest absolute Gasteiger partial charge is 0.573 e. The van der Waals surface area contributed by atoms with Crippen molar-refractivity contribution in [1.82, 2.24) is 4.98 Å². The van der Waals surface area contributed by atoms with E-state index in [1.54, 1.807) is 0 Å². The number of carbonyl (C=O) groups is 1. The van der Waals surface area contributed by atoms with Crippen molar-refractivity contribution in [2.75, 3.05) is 11.4 Å². The molecule has 0 amide bonds. The molecule has 5 nitrogen and oxygen atoms in total. The van der Waals surface area contributed by atoms with Gasteiger partial charge in [0.2, 0.25) is 0 Å². The Balaban J connectivity index is 1.78. The topological polar surface area (TPSA) is 62.7 Å². The maximum Gasteiger partial charge on any atom is 0.573 e. The van der Waals surface area contributed by atoms with E-state index < -0.39 is 12.3 Å². The Hall–Kier alpha value is -3.07. The van der Waals surface area contributed by atoms with Crippen LogP contribution in [0.15, 0.2) is 53.9 Å². The summed E-state index contributed by atoms with van der Waals surface area (Å²) >= 11 is 1.39. The number of ether oxygens (including phenoxy) is 1. The molecule has 0 spiro atoms. The van der Waals surface area contributed by atoms with Crippen molar-refractivity contribution in [2.45, 2.75) is 39.1 Å². The zero-order valence-corrected chi connectivity index (χ0v) is 18.4. The van der Waals surface area contributed by atoms with Crippen LogP contribution in [0.2, 0.25) is 0 Å². The number of nitrogens with zero attached hydrogens (tertiary/aromatic N) is 2. The van der Waals surface area contributed by atoms with Gasteiger partial charge in [0.15, 0.2) is 5.13 Å². The second-order valence-corrected chi connectivity index (χ2v) is 8.39. The van der Waals surface area contributed by atoms with E-state index in [0.717, 1.165) is 11.3 Å². The van der Waals surface area contributed by atoms with Gasteiger partial charge in [0.1, 0.15) is 5.75 Å². The number of rotatable bonds is 9. The van der Waals surface area contributed by atoms with Crippen molar-refractivity contribution in [2.24, 2.45) is 0 Å². The SMILES string of the molecule is CC(C)c1ccc(-c2csc(N(CCC(=O)O)Cc3ccc(OC(F)(F)F)cc3)n2)cc1. The zero-order chi connectivity index (χ0) is 23.3. The smallest absolute Gasteiger partial charge is 0.481 e. The number of carboxylic acids is 1. The van der Waals surface area contributed by atoms with E-state index in [0.29, 0.717) is 23.2 Å². The van der Waals surface area contributed by atoms with Gasteiger partial charge in [-0.2, -0.15) is 0 Å². The second kappa shape index (κ2) is 10.0. The van der Waals surface area contributed by atoms with Crippen molar-refractivity contribution in [1.29, 1.82) is 0 Å². The van der Waals surface area contributed by atoms with Gasteiger partial charge in [-0.05, 0) is 29.2 Å². The summed E-state index contributed by atoms with van der Waals surface area (Å²) in [5, 5.41) is 11.7. The third-order valence-corrected chi connectivity index (χ3v) is 5.66. The molecule has 3 aromatic rings. The third kappa shape index (κ3) is 6.71. The Morgan fingerprint density at radius 3 is 2.34 bits per heavy atom. The highest BCUT2D eigenvalue weighted by molar-refractivity contribution is 7.14. The standard InChI is InChI=1S/C23H23F3N2O3S/c1-15(2)17-5-7-18(8-6-17)20-14-32-22(27-20)28(12-11-21(29)30)13-16-3-9-19(10-4-16)31-23(24,25)26/h3-10,14-15H,11-13H2,1-2H3,(H,29,30). The molecule has 170 valence electrons. The third-order valence-electron chi connectivity index (χ3n) is 4.76. The number of aromatic nitrogens is 1. The van der Waals surface area contributed by atoms with E-state index >= 15 is 0 Å². The highest BCUT2D eigenvalue weighted by Gasteiger charge is 2.31. The van der Waals surface area contributed by atoms with E-state index in [2.05, 4.69) is 35.7 Å². The maximum atomic E-state index is 12.4. The van der Waals surface area contributed by atoms with Crippen LogP contribution in [0.3, 0.4) is 0 Å². The quantitative estimate of drug-likeness (QED) is 0.402. The minimum atomic E-state index is -4.75. The molecule has 0 atom stereocenters. The summed E-state index contributed by atoms with van der Waals surface area (Å²) < 4.78 is 41.0. The lowest BCUT2D eigenvalue weighted by atomic mass is 10.0. The molecule has 1 heterocycles. The first-order chi connectivity index (χ1) is 15.1. The first-order valence-electron chi connectivity index (χ1n) is 9.98. The van der Waals surface area contributed by atoms with Crippen molar-refractivity contribution >= 4 is 22.4 Å². The molecule has 0 aliphatic carbocycles. The maximum absolute atomic E-state index is 12.4. The van der Waals surface area contributed by atoms with Crippen LogP contribution in [0, 0.1) is 0 Å². The number of alkyl halides is 3. The number of thiazole rings is 1. The average molecular weight is 465 g/mol. The van der Waals surface area contributed by atoms with E-state index in [4.69, 9.17) is 5.11 Å². The molecule has 0 aliphatic heterocycles. The van der Waals surface area contributed by atoms with Gasteiger partial charge < -0.3 is 14.7 Å². The van der Waals surface area contributed by atoms with Crippen LogP contribution in [0.5, 0.6) is 5.75 Å². The minimum Gasteiger partial charge on any atom is -0.481 e. The van der Waals surface area contributed by atoms with Crippen LogP contribution in [0.4, 0.5) is 18.3 Å². The number of benzene rings is 2. The monoisotopic (exact) mass is 464 g/mol. The van der Waals surface area contributed by atoms with Gasteiger partial charge >= 0.3 is 12.3 Å². The number of hydrogen-bond acceptors (Lipinski definition) is 5. The summed E-state index contributed by atoms with van der Waals surface area (Å²) in [6, 6.07) is 13.7. The fourth-order valence-corrected chi connectivity index (χ4v) is 3.93. The predicted octanol–water partition coefficient (Wildman–Crippen LogP) is 6.31. The number of aliphatic carboxylic acids is 1. The summed E-state index contributed by atoms with van der Waals surface area (Å²) in [7, 11) is 0. The van der Waals surface area contributed by atoms with Gasteiger partial charge in [0, 0.05) is 24.0 Å². The van der Waals surface area contributed by atoms with E-state index in [-0.39, 0.29) is 18.7 Å². The van der Waals surface area contributed by atoms with E-state index in [1.807, 2.05) is 22.4 Å². The Kier molecular flexibility index (Phi) is 7.40. The van der Waals surface area contributed by atoms with Crippen LogP contribution in [-0.2, 0) is 11.3 Å². The highest BCUT2D eigenvalue weighted by atomic mass is 32.1. The molecule has 1 N–H and O–H groups in total. The zero-order valence-electron chi connectivity index (χ0n) is 17.6. The Morgan fingerprint density at radius 1 is 1.12 bits per heavy atom. The first kappa shape index (κ1) is 23.6. The molecule has 0 radical (unpaired) electrons. The van der Waals surface area contributed by atoms with Gasteiger partial charge in [-0.25, -0.2) is 4.98 Å². The van der Waals surface area contributed by atoms with E-state index in [9.17, 15) is 18.0 Å². The molecule has 0 unspecified atom stereocenters. The van der Waals surface area contributed by atoms with Crippen LogP contribution >= 0.6 is 11.3 Å². The van der Waals surface area contributed by atoms with Crippen molar-refractivity contribution in [3.8, 4) is 17.0 Å². The van der Waals surface area contributed by atoms with Crippen LogP contribution in [0.1, 0.15) is 37.3 Å². The molecular weight excluding hydrogens is 441 g/mol. The van der Waals surface area contributed by atoms with Gasteiger partial charge in [-0.3, -0.25) is 4.79 Å². The Morgan fingerprint density at radius 2 is 1.78 bits per heavy atom. The van der Waals surface area contributed by atoms with Crippen LogP contribution in [0.25, 0.3) is 11.3 Å². The van der Waals surface area contributed by atoms with Crippen molar-refractivity contribution in [3.05, 3.63) is 65.0 Å². The summed E-state index contributed by atoms with van der Waals surface area (Å²) in [4.78, 5) is 17.6. The molecule has 9 heteroatoms. The number of carboxylic acid groups (broad SMARTS) is 1. The summed E-state index contributed by atoms with van der Waals surface area (Å²) in [5.41, 5.74) is 3.69. The Bertz CT molecular complexity index is 1030. The van der Waals surface area contributed by atoms with Crippen LogP contribution < -0.4 is 9.64 Å². The molecule has 3 rings (SSSR count). The second-order valence-electron chi connectivity index (χ2n) is 7.55. The number of hydrogen-bond donors (Lipinski definition) is 1. The molecule has 32 heavy (non-hydrogen) atoms. The van der Waals surface area contributed by atoms with Gasteiger partial charge in [0.05, 0.1) is 12.1 Å². The fraction of sp³-hybridized carbons (Fsp3) is 0.304. The minimum absolute atomic E-state index is 0.0900. The number of anilines is 1. The molecule has 0 saturated heterocycles. The summed E-state index contributed by atoms with van der Waals surface area (Å²) in [5.74, 6) is -0.820. The molecule has 0 fully saturated rings. The fourth-order valence-electron chi connectivity index (χ4n) is 3.07. The van der Waals surface area contributed by atoms with E-state index in [1.165, 1.54) is 41.2 Å². The summed E-state index contributed by atoms with van der Waals surface area (Å²) in [6.45, 7) is 4.77. The molecule has 2 aromatic carbocycles. The lowest BCUT2D eigenvalue weighted by Gasteiger charge is -2.21. The first-order valence-corrected chi connectivity index (χ1v) is 10.9. The average Bonchev–Trinajstić information content (AvgIpc) is 3.21. The number of halogens is 3. The van der Waals surface area contributed by atoms with Gasteiger partial charge in [-0.1, -0.05) is 50.2 Å². The highest BCUT2D eigenvalue weighted by Crippen LogP contribution is 2.30. The lowest BCUT2D eigenvalue weighted by molar-refractivity contribution is -0.274. The molecule has 1 aromatic heterocycles. The van der Waals surface area contributed by atoms with Crippen molar-refractivity contribution in [3.63, 3.8) is 0 Å². The molecule has 0 saturated carbocycles. The predicted molar refractivity (Wildman–Crippen MR) is 118 cm³/mol. The van der Waals surface area contributed by atoms with Gasteiger partial charge in [0.25, 0.3) is 0 Å². The molecule has 0 aliphatic rings. The van der Waals surface area contributed by atoms with Crippen molar-refractivity contribution < 1.29 is 27.8 Å². The lowest BCUT2D eigenvalue weighted by Crippen LogP contribution is -2.25. The molecular formula is C23H23F3N2O3S. The summed E-state index contributed by atoms with van der Waals surface area (Å²) in [6.07, 6.45) is -4.84. The molecule has 0 bridgehead atoms. The normalized spacial score (nSPS) is 11.6. The van der Waals surface area contributed by atoms with Crippen LogP contribution in [-0.4, -0.2) is 29.0 Å². The van der Waals surface area contributed by atoms with Gasteiger partial charge in [-0.15, -0.1) is 24.5 Å². The Labute approximate surface area is 188 Å².